The first-order valence-electron chi connectivity index (χ1n) is 10.3. The summed E-state index contributed by atoms with van der Waals surface area (Å²) in [5, 5.41) is 10.6. The highest BCUT2D eigenvalue weighted by molar-refractivity contribution is 5.71. The normalized spacial score (nSPS) is 11.5. The molecule has 1 aromatic rings. The Labute approximate surface area is 178 Å². The van der Waals surface area contributed by atoms with Crippen LogP contribution in [-0.2, 0) is 36.8 Å². The molecule has 1 rings (SSSR count). The van der Waals surface area contributed by atoms with Gasteiger partial charge in [-0.25, -0.2) is 9.48 Å². The van der Waals surface area contributed by atoms with Gasteiger partial charge >= 0.3 is 12.1 Å². The standard InChI is InChI=1S/C20H36N4O6/c1-16(2)18(25)29-12-10-28-9-7-24-15-17(22-23-24)14-21-19(26)30-13-11-27-8-6-20(3,4)5/h15-16H,6-14H2,1-5H3,(H,21,26). The highest BCUT2D eigenvalue weighted by Gasteiger charge is 2.10. The van der Waals surface area contributed by atoms with E-state index in [4.69, 9.17) is 18.9 Å². The van der Waals surface area contributed by atoms with Crippen molar-refractivity contribution < 1.29 is 28.5 Å². The number of carbonyl (C=O) groups is 2. The molecule has 1 N–H and O–H groups in total. The molecule has 1 amide bonds. The van der Waals surface area contributed by atoms with E-state index in [2.05, 4.69) is 36.4 Å². The fourth-order valence-corrected chi connectivity index (χ4v) is 2.04. The van der Waals surface area contributed by atoms with Crippen molar-refractivity contribution >= 4 is 12.1 Å². The Morgan fingerprint density at radius 2 is 1.70 bits per heavy atom. The fourth-order valence-electron chi connectivity index (χ4n) is 2.04. The van der Waals surface area contributed by atoms with Gasteiger partial charge in [-0.1, -0.05) is 39.8 Å². The summed E-state index contributed by atoms with van der Waals surface area (Å²) in [7, 11) is 0. The molecule has 0 atom stereocenters. The fraction of sp³-hybridized carbons (Fsp3) is 0.800. The van der Waals surface area contributed by atoms with Crippen LogP contribution in [0.2, 0.25) is 0 Å². The Morgan fingerprint density at radius 1 is 1.03 bits per heavy atom. The molecule has 0 spiro atoms. The lowest BCUT2D eigenvalue weighted by Gasteiger charge is -2.17. The van der Waals surface area contributed by atoms with Crippen molar-refractivity contribution in [2.45, 2.75) is 54.1 Å². The minimum Gasteiger partial charge on any atom is -0.463 e. The van der Waals surface area contributed by atoms with Crippen LogP contribution in [0.4, 0.5) is 4.79 Å². The summed E-state index contributed by atoms with van der Waals surface area (Å²) in [4.78, 5) is 23.0. The molecule has 0 fully saturated rings. The zero-order valence-electron chi connectivity index (χ0n) is 18.8. The van der Waals surface area contributed by atoms with Gasteiger partial charge in [0.05, 0.1) is 45.0 Å². The molecule has 0 saturated carbocycles. The van der Waals surface area contributed by atoms with Crippen LogP contribution < -0.4 is 5.32 Å². The largest absolute Gasteiger partial charge is 0.463 e. The molecular weight excluding hydrogens is 392 g/mol. The molecule has 1 heterocycles. The lowest BCUT2D eigenvalue weighted by molar-refractivity contribution is -0.148. The number of nitrogens with zero attached hydrogens (tertiary/aromatic N) is 3. The maximum atomic E-state index is 11.7. The minimum absolute atomic E-state index is 0.142. The summed E-state index contributed by atoms with van der Waals surface area (Å²) in [5.74, 6) is -0.380. The minimum atomic E-state index is -0.525. The van der Waals surface area contributed by atoms with Gasteiger partial charge in [-0.2, -0.15) is 0 Å². The Hall–Kier alpha value is -2.20. The SMILES string of the molecule is CC(C)C(=O)OCCOCCn1cc(CNC(=O)OCCOCCC(C)(C)C)nn1. The number of nitrogens with one attached hydrogen (secondary N) is 1. The second-order valence-corrected chi connectivity index (χ2v) is 8.32. The zero-order chi connectivity index (χ0) is 22.4. The predicted molar refractivity (Wildman–Crippen MR) is 110 cm³/mol. The first-order valence-corrected chi connectivity index (χ1v) is 10.3. The monoisotopic (exact) mass is 428 g/mol. The number of hydrogen-bond acceptors (Lipinski definition) is 8. The molecule has 30 heavy (non-hydrogen) atoms. The Balaban J connectivity index is 2.06. The smallest absolute Gasteiger partial charge is 0.407 e. The average molecular weight is 429 g/mol. The van der Waals surface area contributed by atoms with E-state index in [-0.39, 0.29) is 37.1 Å². The number of amides is 1. The van der Waals surface area contributed by atoms with Gasteiger partial charge in [0.1, 0.15) is 18.9 Å². The van der Waals surface area contributed by atoms with Crippen LogP contribution >= 0.6 is 0 Å². The van der Waals surface area contributed by atoms with Crippen LogP contribution in [0.3, 0.4) is 0 Å². The van der Waals surface area contributed by atoms with E-state index >= 15 is 0 Å². The first kappa shape index (κ1) is 25.8. The molecule has 0 aliphatic carbocycles. The Morgan fingerprint density at radius 3 is 2.37 bits per heavy atom. The summed E-state index contributed by atoms with van der Waals surface area (Å²) in [6.07, 6.45) is 2.15. The lowest BCUT2D eigenvalue weighted by atomic mass is 9.93. The Kier molecular flexibility index (Phi) is 12.0. The highest BCUT2D eigenvalue weighted by Crippen LogP contribution is 2.17. The van der Waals surface area contributed by atoms with Gasteiger partial charge in [-0.15, -0.1) is 5.10 Å². The van der Waals surface area contributed by atoms with E-state index in [9.17, 15) is 9.59 Å². The summed E-state index contributed by atoms with van der Waals surface area (Å²) in [5.41, 5.74) is 0.837. The summed E-state index contributed by atoms with van der Waals surface area (Å²) >= 11 is 0. The van der Waals surface area contributed by atoms with E-state index in [1.54, 1.807) is 24.7 Å². The highest BCUT2D eigenvalue weighted by atomic mass is 16.6. The van der Waals surface area contributed by atoms with Gasteiger partial charge in [0.25, 0.3) is 0 Å². The molecule has 0 aromatic carbocycles. The van der Waals surface area contributed by atoms with Crippen molar-refractivity contribution in [2.75, 3.05) is 39.6 Å². The van der Waals surface area contributed by atoms with E-state index < -0.39 is 6.09 Å². The number of carbonyl (C=O) groups excluding carboxylic acids is 2. The van der Waals surface area contributed by atoms with Crippen LogP contribution in [0, 0.1) is 11.3 Å². The summed E-state index contributed by atoms with van der Waals surface area (Å²) < 4.78 is 22.5. The number of esters is 1. The summed E-state index contributed by atoms with van der Waals surface area (Å²) in [6.45, 7) is 12.9. The van der Waals surface area contributed by atoms with Crippen molar-refractivity contribution in [3.63, 3.8) is 0 Å². The van der Waals surface area contributed by atoms with Crippen molar-refractivity contribution in [3.8, 4) is 0 Å². The third kappa shape index (κ3) is 13.1. The third-order valence-corrected chi connectivity index (χ3v) is 3.87. The van der Waals surface area contributed by atoms with Crippen molar-refractivity contribution in [1.82, 2.24) is 20.3 Å². The van der Waals surface area contributed by atoms with Gasteiger partial charge < -0.3 is 24.3 Å². The first-order chi connectivity index (χ1) is 14.2. The number of aromatic nitrogens is 3. The zero-order valence-corrected chi connectivity index (χ0v) is 18.8. The molecule has 10 nitrogen and oxygen atoms in total. The van der Waals surface area contributed by atoms with Gasteiger partial charge in [-0.3, -0.25) is 4.79 Å². The number of alkyl carbamates (subject to hydrolysis) is 1. The molecule has 0 aliphatic heterocycles. The second-order valence-electron chi connectivity index (χ2n) is 8.32. The van der Waals surface area contributed by atoms with Crippen molar-refractivity contribution in [2.24, 2.45) is 11.3 Å². The Bertz CT molecular complexity index is 627. The molecule has 1 aromatic heterocycles. The van der Waals surface area contributed by atoms with Gasteiger partial charge in [0.2, 0.25) is 0 Å². The van der Waals surface area contributed by atoms with Gasteiger partial charge in [0.15, 0.2) is 0 Å². The van der Waals surface area contributed by atoms with Crippen molar-refractivity contribution in [1.29, 1.82) is 0 Å². The molecule has 10 heteroatoms. The number of hydrogen-bond donors (Lipinski definition) is 1. The van der Waals surface area contributed by atoms with Crippen LogP contribution in [0.5, 0.6) is 0 Å². The van der Waals surface area contributed by atoms with E-state index in [1.165, 1.54) is 0 Å². The summed E-state index contributed by atoms with van der Waals surface area (Å²) in [6, 6.07) is 0. The molecule has 0 radical (unpaired) electrons. The van der Waals surface area contributed by atoms with Crippen LogP contribution in [-0.4, -0.2) is 66.7 Å². The third-order valence-electron chi connectivity index (χ3n) is 3.87. The maximum absolute atomic E-state index is 11.7. The topological polar surface area (TPSA) is 114 Å². The lowest BCUT2D eigenvalue weighted by Crippen LogP contribution is -2.25. The van der Waals surface area contributed by atoms with E-state index in [1.807, 2.05) is 0 Å². The van der Waals surface area contributed by atoms with Crippen LogP contribution in [0.1, 0.15) is 46.7 Å². The molecule has 0 aliphatic rings. The molecule has 0 saturated heterocycles. The number of rotatable bonds is 14. The van der Waals surface area contributed by atoms with Crippen LogP contribution in [0.15, 0.2) is 6.20 Å². The molecular formula is C20H36N4O6. The molecule has 0 unspecified atom stereocenters. The van der Waals surface area contributed by atoms with Crippen molar-refractivity contribution in [3.05, 3.63) is 11.9 Å². The van der Waals surface area contributed by atoms with Gasteiger partial charge in [-0.05, 0) is 11.8 Å². The van der Waals surface area contributed by atoms with Crippen LogP contribution in [0.25, 0.3) is 0 Å². The number of ether oxygens (including phenoxy) is 4. The molecule has 0 bridgehead atoms. The second kappa shape index (κ2) is 13.9. The van der Waals surface area contributed by atoms with Gasteiger partial charge in [0, 0.05) is 6.61 Å². The predicted octanol–water partition coefficient (Wildman–Crippen LogP) is 2.17. The van der Waals surface area contributed by atoms with E-state index in [0.717, 1.165) is 6.42 Å². The molecule has 172 valence electrons. The van der Waals surface area contributed by atoms with E-state index in [0.29, 0.717) is 38.7 Å². The average Bonchev–Trinajstić information content (AvgIpc) is 3.12. The maximum Gasteiger partial charge on any atom is 0.407 e. The quantitative estimate of drug-likeness (QED) is 0.354.